The van der Waals surface area contributed by atoms with Crippen molar-refractivity contribution in [2.45, 2.75) is 44.9 Å². The number of nitrogens with one attached hydrogen (secondary N) is 1. The summed E-state index contributed by atoms with van der Waals surface area (Å²) in [5, 5.41) is 2.90. The normalized spacial score (nSPS) is 16.6. The summed E-state index contributed by atoms with van der Waals surface area (Å²) >= 11 is 0. The molecule has 1 aliphatic heterocycles. The Morgan fingerprint density at radius 2 is 1.74 bits per heavy atom. The van der Waals surface area contributed by atoms with Gasteiger partial charge in [0.25, 0.3) is 5.91 Å². The number of rotatable bonds is 9. The topological polar surface area (TPSA) is 69.7 Å². The van der Waals surface area contributed by atoms with Gasteiger partial charge in [0.15, 0.2) is 0 Å². The van der Waals surface area contributed by atoms with Crippen LogP contribution >= 0.6 is 0 Å². The fourth-order valence-corrected chi connectivity index (χ4v) is 4.77. The van der Waals surface area contributed by atoms with Gasteiger partial charge < -0.3 is 10.2 Å². The second-order valence-electron chi connectivity index (χ2n) is 7.25. The second kappa shape index (κ2) is 10.2. The van der Waals surface area contributed by atoms with Crippen LogP contribution in [0.5, 0.6) is 0 Å². The molecule has 7 heteroatoms. The van der Waals surface area contributed by atoms with Crippen LogP contribution in [0.1, 0.15) is 50.4 Å². The Morgan fingerprint density at radius 1 is 1.15 bits per heavy atom. The third kappa shape index (κ3) is 6.02. The summed E-state index contributed by atoms with van der Waals surface area (Å²) in [5.74, 6) is 0.412. The van der Waals surface area contributed by atoms with Crippen LogP contribution in [0.2, 0.25) is 0 Å². The van der Waals surface area contributed by atoms with Gasteiger partial charge in [-0.2, -0.15) is 4.31 Å². The molecule has 0 spiro atoms. The maximum atomic E-state index is 12.7. The minimum absolute atomic E-state index is 0.162. The Kier molecular flexibility index (Phi) is 8.26. The molecule has 0 aromatic heterocycles. The van der Waals surface area contributed by atoms with Crippen molar-refractivity contribution in [1.29, 1.82) is 0 Å². The quantitative estimate of drug-likeness (QED) is 0.653. The molecular formula is C20H33N3O3S. The molecule has 1 saturated heterocycles. The third-order valence-electron chi connectivity index (χ3n) is 5.33. The highest BCUT2D eigenvalue weighted by molar-refractivity contribution is 7.89. The highest BCUT2D eigenvalue weighted by Gasteiger charge is 2.28. The minimum atomic E-state index is -3.47. The standard InChI is InChI=1S/C20H33N3O3S/c1-4-22(5-2)14-6-13-21-20(24)18-7-9-19(10-8-18)27(25,26)23-15-11-17(3)12-16-23/h7-10,17H,4-6,11-16H2,1-3H3,(H,21,24). The van der Waals surface area contributed by atoms with Gasteiger partial charge in [0.2, 0.25) is 10.0 Å². The van der Waals surface area contributed by atoms with Crippen molar-refractivity contribution >= 4 is 15.9 Å². The molecule has 2 rings (SSSR count). The number of hydrogen-bond donors (Lipinski definition) is 1. The van der Waals surface area contributed by atoms with E-state index in [1.54, 1.807) is 16.4 Å². The highest BCUT2D eigenvalue weighted by atomic mass is 32.2. The second-order valence-corrected chi connectivity index (χ2v) is 9.19. The molecule has 1 amide bonds. The first kappa shape index (κ1) is 21.9. The van der Waals surface area contributed by atoms with Gasteiger partial charge in [-0.25, -0.2) is 8.42 Å². The summed E-state index contributed by atoms with van der Waals surface area (Å²) in [6.45, 7) is 11.1. The summed E-state index contributed by atoms with van der Waals surface area (Å²) in [5.41, 5.74) is 0.490. The molecule has 0 aliphatic carbocycles. The molecular weight excluding hydrogens is 362 g/mol. The molecule has 27 heavy (non-hydrogen) atoms. The predicted molar refractivity (Wildman–Crippen MR) is 108 cm³/mol. The number of piperidine rings is 1. The molecule has 1 aliphatic rings. The minimum Gasteiger partial charge on any atom is -0.352 e. The van der Waals surface area contributed by atoms with E-state index < -0.39 is 10.0 Å². The molecule has 1 heterocycles. The van der Waals surface area contributed by atoms with Crippen molar-refractivity contribution in [3.8, 4) is 0 Å². The van der Waals surface area contributed by atoms with Crippen molar-refractivity contribution in [2.24, 2.45) is 5.92 Å². The van der Waals surface area contributed by atoms with Gasteiger partial charge in [0, 0.05) is 25.2 Å². The third-order valence-corrected chi connectivity index (χ3v) is 7.24. The van der Waals surface area contributed by atoms with Crippen LogP contribution in [0.25, 0.3) is 0 Å². The molecule has 152 valence electrons. The Hall–Kier alpha value is -1.44. The molecule has 1 fully saturated rings. The average molecular weight is 396 g/mol. The lowest BCUT2D eigenvalue weighted by atomic mass is 10.0. The van der Waals surface area contributed by atoms with E-state index in [1.807, 2.05) is 0 Å². The number of sulfonamides is 1. The molecule has 6 nitrogen and oxygen atoms in total. The highest BCUT2D eigenvalue weighted by Crippen LogP contribution is 2.23. The summed E-state index contributed by atoms with van der Waals surface area (Å²) in [6.07, 6.45) is 2.69. The van der Waals surface area contributed by atoms with Crippen LogP contribution in [0.3, 0.4) is 0 Å². The number of hydrogen-bond acceptors (Lipinski definition) is 4. The SMILES string of the molecule is CCN(CC)CCCNC(=O)c1ccc(S(=O)(=O)N2CCC(C)CC2)cc1. The lowest BCUT2D eigenvalue weighted by Gasteiger charge is -2.29. The molecule has 0 saturated carbocycles. The van der Waals surface area contributed by atoms with Crippen LogP contribution < -0.4 is 5.32 Å². The van der Waals surface area contributed by atoms with Gasteiger partial charge in [-0.05, 0) is 69.1 Å². The van der Waals surface area contributed by atoms with Crippen LogP contribution in [-0.2, 0) is 10.0 Å². The monoisotopic (exact) mass is 395 g/mol. The molecule has 1 aromatic rings. The van der Waals surface area contributed by atoms with Crippen LogP contribution in [0.15, 0.2) is 29.2 Å². The average Bonchev–Trinajstić information content (AvgIpc) is 2.68. The molecule has 0 radical (unpaired) electrons. The molecule has 0 bridgehead atoms. The number of carbonyl (C=O) groups excluding carboxylic acids is 1. The van der Waals surface area contributed by atoms with E-state index in [0.717, 1.165) is 38.9 Å². The summed E-state index contributed by atoms with van der Waals surface area (Å²) < 4.78 is 27.0. The van der Waals surface area contributed by atoms with Gasteiger partial charge in [-0.3, -0.25) is 4.79 Å². The van der Waals surface area contributed by atoms with Gasteiger partial charge in [0.05, 0.1) is 4.90 Å². The van der Waals surface area contributed by atoms with Gasteiger partial charge >= 0.3 is 0 Å². The number of benzene rings is 1. The lowest BCUT2D eigenvalue weighted by molar-refractivity contribution is 0.0951. The van der Waals surface area contributed by atoms with Gasteiger partial charge in [-0.15, -0.1) is 0 Å². The van der Waals surface area contributed by atoms with E-state index in [9.17, 15) is 13.2 Å². The molecule has 1 aromatic carbocycles. The van der Waals surface area contributed by atoms with E-state index >= 15 is 0 Å². The van der Waals surface area contributed by atoms with Gasteiger partial charge in [-0.1, -0.05) is 20.8 Å². The zero-order valence-corrected chi connectivity index (χ0v) is 17.6. The maximum Gasteiger partial charge on any atom is 0.251 e. The largest absolute Gasteiger partial charge is 0.352 e. The zero-order chi connectivity index (χ0) is 19.9. The Labute approximate surface area is 164 Å². The fraction of sp³-hybridized carbons (Fsp3) is 0.650. The van der Waals surface area contributed by atoms with Crippen LogP contribution in [0.4, 0.5) is 0 Å². The van der Waals surface area contributed by atoms with Crippen molar-refractivity contribution in [3.63, 3.8) is 0 Å². The first-order valence-corrected chi connectivity index (χ1v) is 11.4. The van der Waals surface area contributed by atoms with E-state index in [4.69, 9.17) is 0 Å². The van der Waals surface area contributed by atoms with Gasteiger partial charge in [0.1, 0.15) is 0 Å². The van der Waals surface area contributed by atoms with E-state index in [1.165, 1.54) is 12.1 Å². The van der Waals surface area contributed by atoms with Crippen molar-refractivity contribution in [2.75, 3.05) is 39.3 Å². The van der Waals surface area contributed by atoms with E-state index in [2.05, 4.69) is 31.0 Å². The van der Waals surface area contributed by atoms with E-state index in [-0.39, 0.29) is 10.8 Å². The number of carbonyl (C=O) groups is 1. The Morgan fingerprint density at radius 3 is 2.30 bits per heavy atom. The zero-order valence-electron chi connectivity index (χ0n) is 16.8. The first-order valence-electron chi connectivity index (χ1n) is 9.99. The molecule has 0 atom stereocenters. The first-order chi connectivity index (χ1) is 12.9. The Balaban J connectivity index is 1.89. The van der Waals surface area contributed by atoms with Crippen LogP contribution in [0, 0.1) is 5.92 Å². The number of amides is 1. The van der Waals surface area contributed by atoms with Crippen molar-refractivity contribution in [3.05, 3.63) is 29.8 Å². The lowest BCUT2D eigenvalue weighted by Crippen LogP contribution is -2.37. The van der Waals surface area contributed by atoms with E-state index in [0.29, 0.717) is 31.1 Å². The maximum absolute atomic E-state index is 12.7. The number of nitrogens with zero attached hydrogens (tertiary/aromatic N) is 2. The summed E-state index contributed by atoms with van der Waals surface area (Å²) in [4.78, 5) is 14.8. The van der Waals surface area contributed by atoms with Crippen molar-refractivity contribution in [1.82, 2.24) is 14.5 Å². The Bertz CT molecular complexity index is 692. The fourth-order valence-electron chi connectivity index (χ4n) is 3.30. The molecule has 0 unspecified atom stereocenters. The van der Waals surface area contributed by atoms with Crippen molar-refractivity contribution < 1.29 is 13.2 Å². The smallest absolute Gasteiger partial charge is 0.251 e. The molecule has 1 N–H and O–H groups in total. The summed E-state index contributed by atoms with van der Waals surface area (Å²) in [7, 11) is -3.47. The predicted octanol–water partition coefficient (Wildman–Crippen LogP) is 2.57. The van der Waals surface area contributed by atoms with Crippen LogP contribution in [-0.4, -0.2) is 62.8 Å². The summed E-state index contributed by atoms with van der Waals surface area (Å²) in [6, 6.07) is 6.27.